The third-order valence-corrected chi connectivity index (χ3v) is 3.97. The molecule has 1 aliphatic rings. The lowest BCUT2D eigenvalue weighted by Crippen LogP contribution is -2.03. The number of anilines is 1. The number of fused-ring (bicyclic) bond motifs is 1. The number of benzene rings is 2. The van der Waals surface area contributed by atoms with E-state index in [1.807, 2.05) is 18.2 Å². The van der Waals surface area contributed by atoms with Gasteiger partial charge in [0.25, 0.3) is 5.91 Å². The molecule has 0 aromatic heterocycles. The molecule has 0 bridgehead atoms. The maximum atomic E-state index is 12.1. The van der Waals surface area contributed by atoms with E-state index in [-0.39, 0.29) is 11.7 Å². The van der Waals surface area contributed by atoms with Crippen LogP contribution in [-0.4, -0.2) is 18.1 Å². The smallest absolute Gasteiger partial charge is 0.256 e. The number of hydrogen-bond donors (Lipinski definition) is 2. The number of nitrogens with one attached hydrogen (secondary N) is 1. The van der Waals surface area contributed by atoms with Crippen molar-refractivity contribution in [3.63, 3.8) is 0 Å². The minimum atomic E-state index is -0.172. The first-order valence-electron chi connectivity index (χ1n) is 6.28. The fourth-order valence-corrected chi connectivity index (χ4v) is 2.73. The molecule has 0 unspecified atom stereocenters. The molecule has 1 heterocycles. The van der Waals surface area contributed by atoms with Crippen LogP contribution in [0.25, 0.3) is 11.6 Å². The van der Waals surface area contributed by atoms with E-state index in [2.05, 4.69) is 27.9 Å². The largest absolute Gasteiger partial charge is 0.507 e. The summed E-state index contributed by atoms with van der Waals surface area (Å²) in [6.07, 6.45) is 1.68. The van der Waals surface area contributed by atoms with Crippen molar-refractivity contribution in [1.29, 1.82) is 0 Å². The second kappa shape index (κ2) is 5.40. The Morgan fingerprint density at radius 3 is 2.81 bits per heavy atom. The Hall–Kier alpha value is -2.02. The average Bonchev–Trinajstić information content (AvgIpc) is 2.77. The highest BCUT2D eigenvalue weighted by Crippen LogP contribution is 2.36. The van der Waals surface area contributed by atoms with Gasteiger partial charge in [-0.2, -0.15) is 0 Å². The standard InChI is InChI=1S/C16H12INO3/c1-21-11-3-5-15(19)9(6-11)7-13-12-8-10(17)2-4-14(12)18-16(13)20/h2-8,19H,1H3,(H,18,20). The van der Waals surface area contributed by atoms with Crippen LogP contribution in [-0.2, 0) is 4.79 Å². The minimum Gasteiger partial charge on any atom is -0.507 e. The first-order valence-corrected chi connectivity index (χ1v) is 7.36. The monoisotopic (exact) mass is 393 g/mol. The van der Waals surface area contributed by atoms with Gasteiger partial charge in [-0.3, -0.25) is 4.79 Å². The summed E-state index contributed by atoms with van der Waals surface area (Å²) in [6, 6.07) is 10.7. The van der Waals surface area contributed by atoms with E-state index in [0.717, 1.165) is 14.8 Å². The highest BCUT2D eigenvalue weighted by atomic mass is 127. The molecule has 0 fully saturated rings. The third-order valence-electron chi connectivity index (χ3n) is 3.30. The number of amides is 1. The summed E-state index contributed by atoms with van der Waals surface area (Å²) in [5, 5.41) is 12.8. The molecule has 1 amide bonds. The molecule has 2 N–H and O–H groups in total. The fourth-order valence-electron chi connectivity index (χ4n) is 2.23. The van der Waals surface area contributed by atoms with Gasteiger partial charge in [-0.05, 0) is 65.1 Å². The highest BCUT2D eigenvalue weighted by molar-refractivity contribution is 14.1. The number of rotatable bonds is 2. The van der Waals surface area contributed by atoms with Crippen LogP contribution in [0.1, 0.15) is 11.1 Å². The Morgan fingerprint density at radius 1 is 1.24 bits per heavy atom. The number of phenols is 1. The van der Waals surface area contributed by atoms with Crippen molar-refractivity contribution in [3.8, 4) is 11.5 Å². The van der Waals surface area contributed by atoms with E-state index in [9.17, 15) is 9.90 Å². The van der Waals surface area contributed by atoms with Crippen molar-refractivity contribution in [3.05, 3.63) is 51.1 Å². The van der Waals surface area contributed by atoms with Crippen LogP contribution in [0.3, 0.4) is 0 Å². The van der Waals surface area contributed by atoms with Gasteiger partial charge in [0.05, 0.1) is 7.11 Å². The van der Waals surface area contributed by atoms with E-state index >= 15 is 0 Å². The summed E-state index contributed by atoms with van der Waals surface area (Å²) in [6.45, 7) is 0. The number of halogens is 1. The molecule has 0 radical (unpaired) electrons. The third kappa shape index (κ3) is 2.61. The summed E-state index contributed by atoms with van der Waals surface area (Å²) < 4.78 is 6.19. The Balaban J connectivity index is 2.13. The number of methoxy groups -OCH3 is 1. The molecular formula is C16H12INO3. The quantitative estimate of drug-likeness (QED) is 0.607. The van der Waals surface area contributed by atoms with E-state index in [4.69, 9.17) is 4.74 Å². The van der Waals surface area contributed by atoms with Crippen LogP contribution in [0, 0.1) is 3.57 Å². The molecular weight excluding hydrogens is 381 g/mol. The van der Waals surface area contributed by atoms with Crippen LogP contribution in [0.2, 0.25) is 0 Å². The van der Waals surface area contributed by atoms with Crippen molar-refractivity contribution >= 4 is 45.8 Å². The van der Waals surface area contributed by atoms with Gasteiger partial charge >= 0.3 is 0 Å². The average molecular weight is 393 g/mol. The zero-order valence-corrected chi connectivity index (χ0v) is 13.3. The molecule has 2 aromatic rings. The lowest BCUT2D eigenvalue weighted by atomic mass is 10.0. The minimum absolute atomic E-state index is 0.107. The van der Waals surface area contributed by atoms with Gasteiger partial charge in [-0.25, -0.2) is 0 Å². The summed E-state index contributed by atoms with van der Waals surface area (Å²) in [7, 11) is 1.56. The van der Waals surface area contributed by atoms with Crippen molar-refractivity contribution in [2.24, 2.45) is 0 Å². The Labute approximate surface area is 135 Å². The SMILES string of the molecule is COc1ccc(O)c(C=C2C(=O)Nc3ccc(I)cc32)c1. The van der Waals surface area contributed by atoms with Crippen LogP contribution in [0.15, 0.2) is 36.4 Å². The normalized spacial score (nSPS) is 15.0. The molecule has 0 spiro atoms. The topological polar surface area (TPSA) is 58.6 Å². The van der Waals surface area contributed by atoms with Gasteiger partial charge in [-0.15, -0.1) is 0 Å². The molecule has 5 heteroatoms. The van der Waals surface area contributed by atoms with E-state index in [1.165, 1.54) is 0 Å². The summed E-state index contributed by atoms with van der Waals surface area (Å²) in [5.74, 6) is 0.560. The van der Waals surface area contributed by atoms with Crippen LogP contribution < -0.4 is 10.1 Å². The number of phenolic OH excluding ortho intramolecular Hbond substituents is 1. The lowest BCUT2D eigenvalue weighted by molar-refractivity contribution is -0.110. The second-order valence-electron chi connectivity index (χ2n) is 4.63. The van der Waals surface area contributed by atoms with Crippen LogP contribution in [0.4, 0.5) is 5.69 Å². The Morgan fingerprint density at radius 2 is 2.05 bits per heavy atom. The molecule has 1 aliphatic heterocycles. The first kappa shape index (κ1) is 13.9. The van der Waals surface area contributed by atoms with Crippen molar-refractivity contribution in [2.45, 2.75) is 0 Å². The first-order chi connectivity index (χ1) is 10.1. The zero-order valence-electron chi connectivity index (χ0n) is 11.2. The van der Waals surface area contributed by atoms with Gasteiger partial charge in [0.2, 0.25) is 0 Å². The fraction of sp³-hybridized carbons (Fsp3) is 0.0625. The van der Waals surface area contributed by atoms with Gasteiger partial charge in [0, 0.05) is 26.0 Å². The number of carbonyl (C=O) groups is 1. The van der Waals surface area contributed by atoms with Crippen molar-refractivity contribution in [1.82, 2.24) is 0 Å². The maximum absolute atomic E-state index is 12.1. The van der Waals surface area contributed by atoms with E-state index in [0.29, 0.717) is 16.9 Å². The van der Waals surface area contributed by atoms with Crippen molar-refractivity contribution < 1.29 is 14.6 Å². The molecule has 0 aliphatic carbocycles. The lowest BCUT2D eigenvalue weighted by Gasteiger charge is -2.05. The second-order valence-corrected chi connectivity index (χ2v) is 5.87. The van der Waals surface area contributed by atoms with Gasteiger partial charge < -0.3 is 15.2 Å². The maximum Gasteiger partial charge on any atom is 0.256 e. The van der Waals surface area contributed by atoms with Gasteiger partial charge in [0.15, 0.2) is 0 Å². The van der Waals surface area contributed by atoms with Crippen LogP contribution in [0.5, 0.6) is 11.5 Å². The number of ether oxygens (including phenoxy) is 1. The number of hydrogen-bond acceptors (Lipinski definition) is 3. The summed E-state index contributed by atoms with van der Waals surface area (Å²) >= 11 is 2.20. The predicted octanol–water partition coefficient (Wildman–Crippen LogP) is 3.50. The molecule has 4 nitrogen and oxygen atoms in total. The molecule has 106 valence electrons. The summed E-state index contributed by atoms with van der Waals surface area (Å²) in [5.41, 5.74) is 2.71. The molecule has 2 aromatic carbocycles. The number of carbonyl (C=O) groups excluding carboxylic acids is 1. The molecule has 0 saturated heterocycles. The zero-order chi connectivity index (χ0) is 15.0. The van der Waals surface area contributed by atoms with Gasteiger partial charge in [-0.1, -0.05) is 0 Å². The molecule has 0 atom stereocenters. The van der Waals surface area contributed by atoms with Crippen LogP contribution >= 0.6 is 22.6 Å². The van der Waals surface area contributed by atoms with E-state index in [1.54, 1.807) is 31.4 Å². The molecule has 0 saturated carbocycles. The van der Waals surface area contributed by atoms with Gasteiger partial charge in [0.1, 0.15) is 11.5 Å². The highest BCUT2D eigenvalue weighted by Gasteiger charge is 2.24. The molecule has 21 heavy (non-hydrogen) atoms. The predicted molar refractivity (Wildman–Crippen MR) is 90.3 cm³/mol. The number of aromatic hydroxyl groups is 1. The van der Waals surface area contributed by atoms with Crippen molar-refractivity contribution in [2.75, 3.05) is 12.4 Å². The summed E-state index contributed by atoms with van der Waals surface area (Å²) in [4.78, 5) is 12.1. The Bertz CT molecular complexity index is 768. The van der Waals surface area contributed by atoms with E-state index < -0.39 is 0 Å². The molecule has 3 rings (SSSR count). The Kier molecular flexibility index (Phi) is 3.59.